The lowest BCUT2D eigenvalue weighted by atomic mass is 9.72. The van der Waals surface area contributed by atoms with Gasteiger partial charge in [-0.2, -0.15) is 5.26 Å². The molecule has 0 spiro atoms. The van der Waals surface area contributed by atoms with Crippen molar-refractivity contribution in [1.29, 1.82) is 5.26 Å². The van der Waals surface area contributed by atoms with Gasteiger partial charge in [-0.25, -0.2) is 4.99 Å². The van der Waals surface area contributed by atoms with Crippen LogP contribution in [0.4, 0.5) is 10.9 Å². The lowest BCUT2D eigenvalue weighted by molar-refractivity contribution is 0.218. The number of nitriles is 1. The molecular weight excluding hydrogens is 366 g/mol. The Bertz CT molecular complexity index is 903. The van der Waals surface area contributed by atoms with E-state index in [1.54, 1.807) is 17.6 Å². The Kier molecular flexibility index (Phi) is 5.33. The minimum Gasteiger partial charge on any atom is -0.440 e. The van der Waals surface area contributed by atoms with Gasteiger partial charge in [-0.1, -0.05) is 20.8 Å². The van der Waals surface area contributed by atoms with E-state index in [9.17, 15) is 5.26 Å². The van der Waals surface area contributed by atoms with Crippen molar-refractivity contribution in [3.8, 4) is 6.07 Å². The first-order valence-corrected chi connectivity index (χ1v) is 11.2. The highest BCUT2D eigenvalue weighted by molar-refractivity contribution is 7.16. The summed E-state index contributed by atoms with van der Waals surface area (Å²) in [6.07, 6.45) is 8.74. The second-order valence-corrected chi connectivity index (χ2v) is 10.2. The zero-order valence-electron chi connectivity index (χ0n) is 17.1. The summed E-state index contributed by atoms with van der Waals surface area (Å²) in [4.78, 5) is 8.31. The molecule has 2 aliphatic rings. The van der Waals surface area contributed by atoms with E-state index in [4.69, 9.17) is 4.42 Å². The van der Waals surface area contributed by atoms with Crippen molar-refractivity contribution >= 4 is 28.4 Å². The molecule has 4 rings (SSSR count). The summed E-state index contributed by atoms with van der Waals surface area (Å²) >= 11 is 1.69. The Balaban J connectivity index is 1.53. The summed E-state index contributed by atoms with van der Waals surface area (Å²) in [5, 5.41) is 10.5. The Labute approximate surface area is 171 Å². The second kappa shape index (κ2) is 7.75. The summed E-state index contributed by atoms with van der Waals surface area (Å²) in [7, 11) is 0. The normalized spacial score (nSPS) is 20.4. The van der Waals surface area contributed by atoms with Gasteiger partial charge in [0.1, 0.15) is 16.8 Å². The van der Waals surface area contributed by atoms with E-state index in [0.717, 1.165) is 54.6 Å². The van der Waals surface area contributed by atoms with Gasteiger partial charge in [0.05, 0.1) is 11.8 Å². The third kappa shape index (κ3) is 3.89. The molecule has 0 unspecified atom stereocenters. The van der Waals surface area contributed by atoms with Crippen molar-refractivity contribution in [2.75, 3.05) is 18.0 Å². The predicted octanol–water partition coefficient (Wildman–Crippen LogP) is 6.10. The van der Waals surface area contributed by atoms with Gasteiger partial charge >= 0.3 is 0 Å². The Morgan fingerprint density at radius 1 is 1.25 bits per heavy atom. The van der Waals surface area contributed by atoms with Gasteiger partial charge in [0.25, 0.3) is 0 Å². The molecule has 0 radical (unpaired) electrons. The van der Waals surface area contributed by atoms with Crippen LogP contribution in [-0.4, -0.2) is 19.3 Å². The number of piperidine rings is 1. The quantitative estimate of drug-likeness (QED) is 0.590. The first kappa shape index (κ1) is 19.3. The van der Waals surface area contributed by atoms with Gasteiger partial charge < -0.3 is 9.32 Å². The molecule has 148 valence electrons. The number of fused-ring (bicyclic) bond motifs is 1. The zero-order valence-corrected chi connectivity index (χ0v) is 17.9. The maximum atomic E-state index is 9.71. The molecule has 1 aliphatic carbocycles. The molecule has 2 aromatic rings. The number of rotatable bonds is 3. The number of hydrogen-bond donors (Lipinski definition) is 0. The molecule has 1 atom stereocenters. The minimum absolute atomic E-state index is 0.303. The lowest BCUT2D eigenvalue weighted by Crippen LogP contribution is -2.28. The molecule has 5 heteroatoms. The van der Waals surface area contributed by atoms with E-state index in [0.29, 0.717) is 11.3 Å². The second-order valence-electron chi connectivity index (χ2n) is 9.08. The lowest BCUT2D eigenvalue weighted by Gasteiger charge is -2.33. The van der Waals surface area contributed by atoms with E-state index < -0.39 is 0 Å². The van der Waals surface area contributed by atoms with Crippen LogP contribution in [0.5, 0.6) is 0 Å². The van der Waals surface area contributed by atoms with Crippen LogP contribution in [0.25, 0.3) is 0 Å². The minimum atomic E-state index is 0.303. The van der Waals surface area contributed by atoms with Gasteiger partial charge in [0.2, 0.25) is 0 Å². The summed E-state index contributed by atoms with van der Waals surface area (Å²) < 4.78 is 5.98. The first-order chi connectivity index (χ1) is 13.5. The molecule has 1 saturated heterocycles. The standard InChI is InChI=1S/C23H29N3OS/c1-23(2,3)16-7-9-18-19(14-24)22(28-20(18)13-16)25-15-17-8-10-21(27-17)26-11-5-4-6-12-26/h8,10,15-16H,4-7,9,11-13H2,1-3H3/t16-/m1/s1. The number of hydrogen-bond acceptors (Lipinski definition) is 5. The number of thiophene rings is 1. The SMILES string of the molecule is CC(C)(C)[C@@H]1CCc2c(sc(N=Cc3ccc(N4CCCCC4)o3)c2C#N)C1. The molecule has 0 bridgehead atoms. The monoisotopic (exact) mass is 395 g/mol. The van der Waals surface area contributed by atoms with Crippen molar-refractivity contribution in [1.82, 2.24) is 0 Å². The van der Waals surface area contributed by atoms with E-state index in [1.165, 1.54) is 29.7 Å². The molecule has 0 aromatic carbocycles. The van der Waals surface area contributed by atoms with Gasteiger partial charge in [-0.3, -0.25) is 0 Å². The molecule has 0 amide bonds. The Hall–Kier alpha value is -2.06. The fourth-order valence-corrected chi connectivity index (χ4v) is 5.56. The highest BCUT2D eigenvalue weighted by atomic mass is 32.1. The van der Waals surface area contributed by atoms with Crippen LogP contribution in [0.2, 0.25) is 0 Å². The van der Waals surface area contributed by atoms with Gasteiger partial charge in [0.15, 0.2) is 5.88 Å². The molecule has 3 heterocycles. The zero-order chi connectivity index (χ0) is 19.7. The van der Waals surface area contributed by atoms with E-state index in [1.807, 2.05) is 12.1 Å². The fraction of sp³-hybridized carbons (Fsp3) is 0.565. The maximum Gasteiger partial charge on any atom is 0.196 e. The number of furan rings is 1. The average Bonchev–Trinajstić information content (AvgIpc) is 3.30. The molecule has 2 aromatic heterocycles. The maximum absolute atomic E-state index is 9.71. The fourth-order valence-electron chi connectivity index (χ4n) is 4.34. The van der Waals surface area contributed by atoms with Crippen molar-refractivity contribution in [2.24, 2.45) is 16.3 Å². The molecule has 4 nitrogen and oxygen atoms in total. The van der Waals surface area contributed by atoms with Gasteiger partial charge in [-0.15, -0.1) is 11.3 Å². The molecule has 1 fully saturated rings. The Morgan fingerprint density at radius 3 is 2.75 bits per heavy atom. The van der Waals surface area contributed by atoms with E-state index in [2.05, 4.69) is 36.7 Å². The van der Waals surface area contributed by atoms with Crippen molar-refractivity contribution in [3.63, 3.8) is 0 Å². The van der Waals surface area contributed by atoms with Crippen molar-refractivity contribution in [2.45, 2.75) is 59.3 Å². The highest BCUT2D eigenvalue weighted by Crippen LogP contribution is 2.44. The van der Waals surface area contributed by atoms with Crippen LogP contribution in [0.15, 0.2) is 21.5 Å². The molecular formula is C23H29N3OS. The summed E-state index contributed by atoms with van der Waals surface area (Å²) in [5.41, 5.74) is 2.30. The number of aliphatic imine (C=N–C) groups is 1. The third-order valence-electron chi connectivity index (χ3n) is 6.17. The summed E-state index contributed by atoms with van der Waals surface area (Å²) in [6.45, 7) is 9.08. The van der Waals surface area contributed by atoms with Crippen molar-refractivity contribution < 1.29 is 4.42 Å². The predicted molar refractivity (Wildman–Crippen MR) is 116 cm³/mol. The van der Waals surface area contributed by atoms with Gasteiger partial charge in [0, 0.05) is 24.0 Å². The first-order valence-electron chi connectivity index (χ1n) is 10.4. The van der Waals surface area contributed by atoms with Crippen molar-refractivity contribution in [3.05, 3.63) is 33.9 Å². The molecule has 0 N–H and O–H groups in total. The van der Waals surface area contributed by atoms with Crippen LogP contribution in [0, 0.1) is 22.7 Å². The average molecular weight is 396 g/mol. The van der Waals surface area contributed by atoms with Crippen LogP contribution >= 0.6 is 11.3 Å². The molecule has 1 aliphatic heterocycles. The molecule has 28 heavy (non-hydrogen) atoms. The van der Waals surface area contributed by atoms with Crippen LogP contribution in [-0.2, 0) is 12.8 Å². The number of nitrogens with zero attached hydrogens (tertiary/aromatic N) is 3. The highest BCUT2D eigenvalue weighted by Gasteiger charge is 2.32. The smallest absolute Gasteiger partial charge is 0.196 e. The third-order valence-corrected chi connectivity index (χ3v) is 7.33. The number of anilines is 1. The largest absolute Gasteiger partial charge is 0.440 e. The topological polar surface area (TPSA) is 52.5 Å². The van der Waals surface area contributed by atoms with Gasteiger partial charge in [-0.05, 0) is 61.5 Å². The van der Waals surface area contributed by atoms with Crippen LogP contribution in [0.3, 0.4) is 0 Å². The van der Waals surface area contributed by atoms with Crippen LogP contribution in [0.1, 0.15) is 68.2 Å². The van der Waals surface area contributed by atoms with E-state index >= 15 is 0 Å². The van der Waals surface area contributed by atoms with Crippen LogP contribution < -0.4 is 4.90 Å². The molecule has 0 saturated carbocycles. The van der Waals surface area contributed by atoms with E-state index in [-0.39, 0.29) is 0 Å². The summed E-state index contributed by atoms with van der Waals surface area (Å²) in [5.74, 6) is 2.35. The Morgan fingerprint density at radius 2 is 2.04 bits per heavy atom. The summed E-state index contributed by atoms with van der Waals surface area (Å²) in [6, 6.07) is 6.42.